The van der Waals surface area contributed by atoms with E-state index < -0.39 is 19.5 Å². The van der Waals surface area contributed by atoms with Crippen LogP contribution in [0.1, 0.15) is 26.2 Å². The zero-order valence-electron chi connectivity index (χ0n) is 12.8. The van der Waals surface area contributed by atoms with E-state index in [-0.39, 0.29) is 11.9 Å². The van der Waals surface area contributed by atoms with Crippen molar-refractivity contribution in [2.24, 2.45) is 5.92 Å². The maximum Gasteiger partial charge on any atom is 0.351 e. The Balaban J connectivity index is 1.83. The minimum atomic E-state index is -4.21. The van der Waals surface area contributed by atoms with E-state index in [2.05, 4.69) is 21.9 Å². The van der Waals surface area contributed by atoms with Crippen LogP contribution in [0.3, 0.4) is 0 Å². The number of hydrogen-bond donors (Lipinski definition) is 3. The molecule has 1 aliphatic rings. The summed E-state index contributed by atoms with van der Waals surface area (Å²) in [6.07, 6.45) is 5.31. The molecule has 1 fully saturated rings. The molecule has 1 saturated carbocycles. The predicted octanol–water partition coefficient (Wildman–Crippen LogP) is 1.12. The fraction of sp³-hybridized carbons (Fsp3) is 0.615. The highest BCUT2D eigenvalue weighted by molar-refractivity contribution is 7.51. The second-order valence-electron chi connectivity index (χ2n) is 6.00. The highest BCUT2D eigenvalue weighted by Crippen LogP contribution is 2.53. The monoisotopic (exact) mass is 341 g/mol. The van der Waals surface area contributed by atoms with Gasteiger partial charge in [-0.05, 0) is 18.8 Å². The van der Waals surface area contributed by atoms with Crippen molar-refractivity contribution < 1.29 is 19.1 Å². The van der Waals surface area contributed by atoms with Crippen LogP contribution in [0.25, 0.3) is 11.2 Å². The Morgan fingerprint density at radius 2 is 2.30 bits per heavy atom. The largest absolute Gasteiger partial charge is 0.368 e. The molecule has 2 aromatic heterocycles. The lowest BCUT2D eigenvalue weighted by molar-refractivity contribution is 0.0274. The molecule has 0 aliphatic heterocycles. The minimum Gasteiger partial charge on any atom is -0.368 e. The summed E-state index contributed by atoms with van der Waals surface area (Å²) in [5.41, 5.74) is 6.26. The number of fused-ring (bicyclic) bond motifs is 1. The highest BCUT2D eigenvalue weighted by Gasteiger charge is 2.55. The van der Waals surface area contributed by atoms with Gasteiger partial charge < -0.3 is 24.8 Å². The van der Waals surface area contributed by atoms with Crippen LogP contribution in [0.2, 0.25) is 0 Å². The highest BCUT2D eigenvalue weighted by atomic mass is 31.2. The molecule has 2 atom stereocenters. The van der Waals surface area contributed by atoms with Crippen LogP contribution in [0, 0.1) is 5.92 Å². The summed E-state index contributed by atoms with van der Waals surface area (Å²) in [7, 11) is -4.21. The molecular formula is C13H20N5O4P. The van der Waals surface area contributed by atoms with Crippen molar-refractivity contribution in [3.05, 3.63) is 12.5 Å². The number of nitrogens with zero attached hydrogens (tertiary/aromatic N) is 4. The van der Waals surface area contributed by atoms with Gasteiger partial charge in [0.1, 0.15) is 11.9 Å². The molecule has 1 aliphatic carbocycles. The molecule has 0 radical (unpaired) electrons. The number of nitrogens with two attached hydrogens (primary N) is 1. The molecule has 126 valence electrons. The molecule has 4 N–H and O–H groups in total. The summed E-state index contributed by atoms with van der Waals surface area (Å²) in [5.74, 6) is 0.432. The van der Waals surface area contributed by atoms with Crippen molar-refractivity contribution in [1.29, 1.82) is 0 Å². The van der Waals surface area contributed by atoms with Crippen LogP contribution in [-0.4, -0.2) is 41.3 Å². The molecule has 0 aromatic carbocycles. The van der Waals surface area contributed by atoms with E-state index in [1.54, 1.807) is 12.5 Å². The van der Waals surface area contributed by atoms with E-state index in [9.17, 15) is 4.57 Å². The Labute approximate surface area is 133 Å². The number of anilines is 1. The molecule has 2 aromatic rings. The number of hydrogen-bond acceptors (Lipinski definition) is 6. The lowest BCUT2D eigenvalue weighted by atomic mass is 10.1. The van der Waals surface area contributed by atoms with Crippen LogP contribution >= 0.6 is 7.60 Å². The minimum absolute atomic E-state index is 0.158. The fourth-order valence-electron chi connectivity index (χ4n) is 2.97. The van der Waals surface area contributed by atoms with Crippen molar-refractivity contribution in [2.75, 3.05) is 12.1 Å². The number of nitrogen functional groups attached to an aromatic ring is 1. The Bertz CT molecular complexity index is 760. The molecule has 10 heteroatoms. The SMILES string of the molecule is CCC[C@H]1C[C@]1(Cn1cnc2cnc(N)nc21)OCP(=O)(O)O. The predicted molar refractivity (Wildman–Crippen MR) is 83.5 cm³/mol. The Hall–Kier alpha value is -1.54. The van der Waals surface area contributed by atoms with Gasteiger partial charge in [0, 0.05) is 0 Å². The van der Waals surface area contributed by atoms with Gasteiger partial charge in [-0.3, -0.25) is 4.57 Å². The Morgan fingerprint density at radius 3 is 3.00 bits per heavy atom. The van der Waals surface area contributed by atoms with Gasteiger partial charge in [-0.15, -0.1) is 0 Å². The third-order valence-corrected chi connectivity index (χ3v) is 4.61. The van der Waals surface area contributed by atoms with Crippen molar-refractivity contribution in [3.8, 4) is 0 Å². The molecule has 0 saturated heterocycles. The summed E-state index contributed by atoms with van der Waals surface area (Å²) in [6.45, 7) is 2.51. The first kappa shape index (κ1) is 16.3. The fourth-order valence-corrected chi connectivity index (χ4v) is 3.40. The van der Waals surface area contributed by atoms with Gasteiger partial charge in [0.25, 0.3) is 0 Å². The first-order valence-electron chi connectivity index (χ1n) is 7.45. The van der Waals surface area contributed by atoms with Gasteiger partial charge in [0.2, 0.25) is 5.95 Å². The summed E-state index contributed by atoms with van der Waals surface area (Å²) in [6, 6.07) is 0. The van der Waals surface area contributed by atoms with E-state index in [0.717, 1.165) is 19.3 Å². The molecule has 9 nitrogen and oxygen atoms in total. The van der Waals surface area contributed by atoms with Gasteiger partial charge in [-0.2, -0.15) is 4.98 Å². The van der Waals surface area contributed by atoms with Crippen LogP contribution in [-0.2, 0) is 15.8 Å². The molecule has 0 spiro atoms. The first-order chi connectivity index (χ1) is 10.8. The smallest absolute Gasteiger partial charge is 0.351 e. The molecule has 2 heterocycles. The summed E-state index contributed by atoms with van der Waals surface area (Å²) in [5, 5.41) is 0. The summed E-state index contributed by atoms with van der Waals surface area (Å²) < 4.78 is 18.6. The van der Waals surface area contributed by atoms with Gasteiger partial charge in [-0.1, -0.05) is 13.3 Å². The average molecular weight is 341 g/mol. The topological polar surface area (TPSA) is 136 Å². The maximum atomic E-state index is 11.1. The van der Waals surface area contributed by atoms with Gasteiger partial charge in [0.15, 0.2) is 5.65 Å². The lowest BCUT2D eigenvalue weighted by Crippen LogP contribution is -2.25. The summed E-state index contributed by atoms with van der Waals surface area (Å²) >= 11 is 0. The molecule has 0 unspecified atom stereocenters. The third-order valence-electron chi connectivity index (χ3n) is 4.15. The van der Waals surface area contributed by atoms with Crippen molar-refractivity contribution in [1.82, 2.24) is 19.5 Å². The van der Waals surface area contributed by atoms with E-state index in [4.69, 9.17) is 20.3 Å². The van der Waals surface area contributed by atoms with E-state index in [1.807, 2.05) is 4.57 Å². The molecule has 0 amide bonds. The third kappa shape index (κ3) is 3.53. The second-order valence-corrected chi connectivity index (χ2v) is 7.59. The number of aromatic nitrogens is 4. The molecule has 0 bridgehead atoms. The van der Waals surface area contributed by atoms with Crippen LogP contribution in [0.15, 0.2) is 12.5 Å². The zero-order valence-corrected chi connectivity index (χ0v) is 13.7. The Morgan fingerprint density at radius 1 is 1.52 bits per heavy atom. The van der Waals surface area contributed by atoms with Crippen LogP contribution in [0.5, 0.6) is 0 Å². The van der Waals surface area contributed by atoms with Crippen LogP contribution < -0.4 is 5.73 Å². The number of imidazole rings is 1. The first-order valence-corrected chi connectivity index (χ1v) is 9.24. The van der Waals surface area contributed by atoms with Crippen molar-refractivity contribution >= 4 is 24.7 Å². The lowest BCUT2D eigenvalue weighted by Gasteiger charge is -2.20. The van der Waals surface area contributed by atoms with Crippen molar-refractivity contribution in [3.63, 3.8) is 0 Å². The van der Waals surface area contributed by atoms with Gasteiger partial charge >= 0.3 is 7.60 Å². The normalized spacial score (nSPS) is 24.2. The van der Waals surface area contributed by atoms with E-state index >= 15 is 0 Å². The molecule has 23 heavy (non-hydrogen) atoms. The van der Waals surface area contributed by atoms with Crippen LogP contribution in [0.4, 0.5) is 5.95 Å². The standard InChI is InChI=1S/C13H20N5O4P/c1-2-3-9-4-13(9,22-8-23(19,20)21)6-18-7-16-10-5-15-12(14)17-11(10)18/h5,7,9H,2-4,6,8H2,1H3,(H2,14,15,17)(H2,19,20,21)/t9-,13+/m0/s1. The number of rotatable bonds is 7. The second kappa shape index (κ2) is 5.83. The molecule has 3 rings (SSSR count). The van der Waals surface area contributed by atoms with Gasteiger partial charge in [-0.25, -0.2) is 9.97 Å². The number of ether oxygens (including phenoxy) is 1. The maximum absolute atomic E-state index is 11.1. The van der Waals surface area contributed by atoms with Crippen molar-refractivity contribution in [2.45, 2.75) is 38.3 Å². The van der Waals surface area contributed by atoms with E-state index in [1.165, 1.54) is 0 Å². The average Bonchev–Trinajstić information content (AvgIpc) is 3.00. The van der Waals surface area contributed by atoms with Gasteiger partial charge in [0.05, 0.1) is 24.7 Å². The van der Waals surface area contributed by atoms with E-state index in [0.29, 0.717) is 17.7 Å². The quantitative estimate of drug-likeness (QED) is 0.637. The Kier molecular flexibility index (Phi) is 4.14. The zero-order chi connectivity index (χ0) is 16.7. The molecular weight excluding hydrogens is 321 g/mol. The summed E-state index contributed by atoms with van der Waals surface area (Å²) in [4.78, 5) is 30.5.